The Bertz CT molecular complexity index is 1310. The molecule has 14 heteroatoms. The highest BCUT2D eigenvalue weighted by Gasteiger charge is 2.39. The summed E-state index contributed by atoms with van der Waals surface area (Å²) >= 11 is 0. The Kier molecular flexibility index (Phi) is 8.11. The Hall–Kier alpha value is -3.36. The number of nitrogens with zero attached hydrogens (tertiary/aromatic N) is 5. The van der Waals surface area contributed by atoms with Crippen LogP contribution in [0.4, 0.5) is 4.39 Å². The van der Waals surface area contributed by atoms with E-state index in [-0.39, 0.29) is 25.3 Å². The second-order valence-electron chi connectivity index (χ2n) is 8.71. The van der Waals surface area contributed by atoms with Gasteiger partial charge in [0.05, 0.1) is 12.6 Å². The summed E-state index contributed by atoms with van der Waals surface area (Å²) in [5.74, 6) is -2.72. The molecule has 3 rings (SSSR count). The number of rotatable bonds is 8. The second-order valence-corrected chi connectivity index (χ2v) is 10.8. The molecule has 0 spiro atoms. The predicted octanol–water partition coefficient (Wildman–Crippen LogP) is 0.0495. The molecule has 2 amide bonds. The lowest BCUT2D eigenvalue weighted by molar-refractivity contribution is -0.129. The van der Waals surface area contributed by atoms with Crippen molar-refractivity contribution >= 4 is 22.0 Å². The summed E-state index contributed by atoms with van der Waals surface area (Å²) in [6.45, 7) is -0.387. The van der Waals surface area contributed by atoms with Crippen LogP contribution in [0.1, 0.15) is 40.8 Å². The van der Waals surface area contributed by atoms with Crippen LogP contribution in [0.5, 0.6) is 5.75 Å². The smallest absolute Gasteiger partial charge is 0.296 e. The molecule has 0 saturated heterocycles. The number of carbonyl (C=O) groups is 2. The Morgan fingerprint density at radius 3 is 2.42 bits per heavy atom. The molecular formula is C22H29FN6O6S. The van der Waals surface area contributed by atoms with E-state index in [0.29, 0.717) is 12.0 Å². The van der Waals surface area contributed by atoms with Crippen molar-refractivity contribution in [3.05, 3.63) is 57.5 Å². The summed E-state index contributed by atoms with van der Waals surface area (Å²) in [6, 6.07) is 4.34. The minimum atomic E-state index is -4.15. The third kappa shape index (κ3) is 5.55. The summed E-state index contributed by atoms with van der Waals surface area (Å²) in [4.78, 5) is 43.7. The number of hydrogen-bond donors (Lipinski definition) is 2. The summed E-state index contributed by atoms with van der Waals surface area (Å²) in [6.07, 6.45) is 0.617. The first-order valence-electron chi connectivity index (χ1n) is 11.1. The minimum absolute atomic E-state index is 0.0272. The third-order valence-corrected chi connectivity index (χ3v) is 7.71. The Labute approximate surface area is 208 Å². The highest BCUT2D eigenvalue weighted by molar-refractivity contribution is 7.86. The molecule has 1 atom stereocenters. The molecule has 12 nitrogen and oxygen atoms in total. The molecule has 0 bridgehead atoms. The van der Waals surface area contributed by atoms with Crippen molar-refractivity contribution in [3.8, 4) is 5.75 Å². The molecule has 1 aromatic carbocycles. The fourth-order valence-corrected chi connectivity index (χ4v) is 4.95. The molecule has 36 heavy (non-hydrogen) atoms. The fourth-order valence-electron chi connectivity index (χ4n) is 3.74. The maximum atomic E-state index is 13.2. The number of hydrogen-bond acceptors (Lipinski definition) is 7. The molecule has 2 heterocycles. The van der Waals surface area contributed by atoms with E-state index in [0.717, 1.165) is 13.2 Å². The lowest BCUT2D eigenvalue weighted by atomic mass is 10.1. The summed E-state index contributed by atoms with van der Waals surface area (Å²) in [5.41, 5.74) is -0.888. The molecule has 1 aromatic heterocycles. The van der Waals surface area contributed by atoms with Gasteiger partial charge in [-0.15, -0.1) is 0 Å². The van der Waals surface area contributed by atoms with Crippen molar-refractivity contribution in [3.63, 3.8) is 0 Å². The lowest BCUT2D eigenvalue weighted by Crippen LogP contribution is -2.49. The van der Waals surface area contributed by atoms with Crippen LogP contribution in [0.25, 0.3) is 0 Å². The summed E-state index contributed by atoms with van der Waals surface area (Å²) in [5, 5.41) is 13.0. The molecule has 0 saturated carbocycles. The van der Waals surface area contributed by atoms with Crippen molar-refractivity contribution in [2.45, 2.75) is 32.0 Å². The number of halogens is 1. The molecule has 1 aliphatic heterocycles. The minimum Gasteiger partial charge on any atom is -0.501 e. The maximum absolute atomic E-state index is 13.2. The molecule has 1 aliphatic rings. The first kappa shape index (κ1) is 27.2. The first-order chi connectivity index (χ1) is 16.8. The van der Waals surface area contributed by atoms with Crippen LogP contribution < -0.4 is 10.9 Å². The molecule has 2 aromatic rings. The number of aromatic nitrogens is 2. The van der Waals surface area contributed by atoms with Gasteiger partial charge >= 0.3 is 0 Å². The number of aromatic hydroxyl groups is 1. The average Bonchev–Trinajstić information content (AvgIpc) is 2.83. The molecule has 1 unspecified atom stereocenters. The zero-order valence-corrected chi connectivity index (χ0v) is 21.2. The zero-order valence-electron chi connectivity index (χ0n) is 20.4. The van der Waals surface area contributed by atoms with Gasteiger partial charge in [-0.05, 0) is 30.5 Å². The van der Waals surface area contributed by atoms with Crippen molar-refractivity contribution in [1.82, 2.24) is 28.4 Å². The molecule has 0 fully saturated rings. The highest BCUT2D eigenvalue weighted by atomic mass is 32.2. The molecular weight excluding hydrogens is 495 g/mol. The van der Waals surface area contributed by atoms with E-state index in [4.69, 9.17) is 0 Å². The number of likely N-dealkylation sites (N-methyl/N-ethyl adjacent to an activating group) is 1. The van der Waals surface area contributed by atoms with E-state index in [1.165, 1.54) is 57.4 Å². The van der Waals surface area contributed by atoms with Crippen molar-refractivity contribution < 1.29 is 27.5 Å². The molecule has 0 aliphatic carbocycles. The van der Waals surface area contributed by atoms with Crippen molar-refractivity contribution in [2.24, 2.45) is 0 Å². The number of carbonyl (C=O) groups excluding carboxylic acids is 2. The summed E-state index contributed by atoms with van der Waals surface area (Å²) < 4.78 is 42.5. The van der Waals surface area contributed by atoms with Gasteiger partial charge in [-0.3, -0.25) is 19.0 Å². The van der Waals surface area contributed by atoms with Gasteiger partial charge < -0.3 is 15.3 Å². The van der Waals surface area contributed by atoms with Crippen LogP contribution in [-0.2, 0) is 28.1 Å². The number of amides is 2. The van der Waals surface area contributed by atoms with Crippen LogP contribution in [0.3, 0.4) is 0 Å². The molecule has 196 valence electrons. The van der Waals surface area contributed by atoms with Gasteiger partial charge in [0, 0.05) is 41.3 Å². The number of nitrogens with one attached hydrogen (secondary N) is 1. The normalized spacial score (nSPS) is 15.6. The zero-order chi connectivity index (χ0) is 26.8. The van der Waals surface area contributed by atoms with Crippen molar-refractivity contribution in [2.75, 3.05) is 34.7 Å². The topological polar surface area (TPSA) is 145 Å². The van der Waals surface area contributed by atoms with E-state index in [1.54, 1.807) is 0 Å². The van der Waals surface area contributed by atoms with Crippen LogP contribution in [0.15, 0.2) is 29.1 Å². The van der Waals surface area contributed by atoms with Gasteiger partial charge in [-0.25, -0.2) is 9.37 Å². The van der Waals surface area contributed by atoms with Gasteiger partial charge in [0.1, 0.15) is 11.6 Å². The first-order valence-corrected chi connectivity index (χ1v) is 12.5. The SMILES string of the molecule is CN(C)C(=O)CN(C1CCCn2c1nc(C(=O)NCc1ccc(F)cc1)c(O)c2=O)S(=O)(=O)N(C)C. The van der Waals surface area contributed by atoms with Gasteiger partial charge in [-0.2, -0.15) is 17.0 Å². The fraction of sp³-hybridized carbons (Fsp3) is 0.455. The van der Waals surface area contributed by atoms with E-state index in [2.05, 4.69) is 10.3 Å². The van der Waals surface area contributed by atoms with Gasteiger partial charge in [0.25, 0.3) is 21.7 Å². The highest BCUT2D eigenvalue weighted by Crippen LogP contribution is 2.32. The third-order valence-electron chi connectivity index (χ3n) is 5.81. The van der Waals surface area contributed by atoms with Crippen LogP contribution in [0.2, 0.25) is 0 Å². The largest absolute Gasteiger partial charge is 0.501 e. The number of benzene rings is 1. The van der Waals surface area contributed by atoms with E-state index < -0.39 is 57.4 Å². The van der Waals surface area contributed by atoms with E-state index >= 15 is 0 Å². The van der Waals surface area contributed by atoms with Crippen LogP contribution >= 0.6 is 0 Å². The van der Waals surface area contributed by atoms with E-state index in [9.17, 15) is 32.3 Å². The van der Waals surface area contributed by atoms with E-state index in [1.807, 2.05) is 0 Å². The van der Waals surface area contributed by atoms with Crippen LogP contribution in [-0.4, -0.2) is 83.1 Å². The number of fused-ring (bicyclic) bond motifs is 1. The van der Waals surface area contributed by atoms with Crippen LogP contribution in [0, 0.1) is 5.82 Å². The predicted molar refractivity (Wildman–Crippen MR) is 128 cm³/mol. The quantitative estimate of drug-likeness (QED) is 0.496. The summed E-state index contributed by atoms with van der Waals surface area (Å²) in [7, 11) is 1.46. The molecule has 0 radical (unpaired) electrons. The Morgan fingerprint density at radius 2 is 1.83 bits per heavy atom. The molecule has 2 N–H and O–H groups in total. The Morgan fingerprint density at radius 1 is 1.19 bits per heavy atom. The average molecular weight is 525 g/mol. The second kappa shape index (κ2) is 10.7. The van der Waals surface area contributed by atoms with Crippen molar-refractivity contribution in [1.29, 1.82) is 0 Å². The van der Waals surface area contributed by atoms with Gasteiger partial charge in [0.15, 0.2) is 5.69 Å². The lowest BCUT2D eigenvalue weighted by Gasteiger charge is -2.36. The van der Waals surface area contributed by atoms with Gasteiger partial charge in [-0.1, -0.05) is 12.1 Å². The maximum Gasteiger partial charge on any atom is 0.296 e. The van der Waals surface area contributed by atoms with Gasteiger partial charge in [0.2, 0.25) is 11.7 Å². The monoisotopic (exact) mass is 524 g/mol. The Balaban J connectivity index is 2.03. The standard InChI is InChI=1S/C22H29FN6O6S/c1-26(2)17(30)13-29(36(34,35)27(3)4)16-6-5-11-28-20(16)25-18(19(31)22(28)33)21(32)24-12-14-7-9-15(23)10-8-14/h7-10,16,31H,5-6,11-13H2,1-4H3,(H,24,32).